The molecular formula is C23H20N6O3. The highest BCUT2D eigenvalue weighted by Crippen LogP contribution is 2.20. The number of benzene rings is 1. The van der Waals surface area contributed by atoms with E-state index in [1.165, 1.54) is 6.33 Å². The number of amides is 1. The van der Waals surface area contributed by atoms with Crippen LogP contribution in [0.4, 0.5) is 17.5 Å². The molecule has 4 heterocycles. The van der Waals surface area contributed by atoms with E-state index in [4.69, 9.17) is 4.42 Å². The number of carbonyl (C=O) groups excluding carboxylic acids is 1. The SMILES string of the molecule is O=C(c1cc2ccccc2oc1=O)N1CCN(c2cc(Nc3ccccn3)ncn2)CC1. The van der Waals surface area contributed by atoms with Crippen molar-refractivity contribution >= 4 is 34.3 Å². The van der Waals surface area contributed by atoms with Crippen LogP contribution < -0.4 is 15.8 Å². The quantitative estimate of drug-likeness (QED) is 0.495. The van der Waals surface area contributed by atoms with Gasteiger partial charge >= 0.3 is 5.63 Å². The van der Waals surface area contributed by atoms with Gasteiger partial charge in [-0.05, 0) is 24.3 Å². The molecule has 0 bridgehead atoms. The van der Waals surface area contributed by atoms with Crippen LogP contribution in [0, 0.1) is 0 Å². The predicted molar refractivity (Wildman–Crippen MR) is 120 cm³/mol. The fourth-order valence-electron chi connectivity index (χ4n) is 3.68. The van der Waals surface area contributed by atoms with Crippen molar-refractivity contribution in [3.8, 4) is 0 Å². The number of anilines is 3. The third-order valence-electron chi connectivity index (χ3n) is 5.34. The number of fused-ring (bicyclic) bond motifs is 1. The number of nitrogens with zero attached hydrogens (tertiary/aromatic N) is 5. The number of carbonyl (C=O) groups is 1. The topological polar surface area (TPSA) is 104 Å². The summed E-state index contributed by atoms with van der Waals surface area (Å²) in [6, 6.07) is 16.2. The minimum atomic E-state index is -0.614. The number of piperazine rings is 1. The van der Waals surface area contributed by atoms with Crippen LogP contribution in [-0.2, 0) is 0 Å². The van der Waals surface area contributed by atoms with Gasteiger partial charge in [0, 0.05) is 43.8 Å². The first kappa shape index (κ1) is 19.7. The van der Waals surface area contributed by atoms with E-state index < -0.39 is 5.63 Å². The molecule has 1 aromatic carbocycles. The molecule has 0 unspecified atom stereocenters. The largest absolute Gasteiger partial charge is 0.422 e. The lowest BCUT2D eigenvalue weighted by atomic mass is 10.1. The van der Waals surface area contributed by atoms with Crippen molar-refractivity contribution in [1.29, 1.82) is 0 Å². The maximum absolute atomic E-state index is 13.0. The molecule has 3 aromatic heterocycles. The van der Waals surface area contributed by atoms with Crippen molar-refractivity contribution in [1.82, 2.24) is 19.9 Å². The average molecular weight is 428 g/mol. The molecule has 0 aliphatic carbocycles. The molecule has 1 amide bonds. The van der Waals surface area contributed by atoms with Crippen LogP contribution in [0.15, 0.2) is 76.3 Å². The molecule has 0 saturated carbocycles. The van der Waals surface area contributed by atoms with E-state index in [1.807, 2.05) is 36.4 Å². The molecule has 4 aromatic rings. The second-order valence-electron chi connectivity index (χ2n) is 7.37. The standard InChI is InChI=1S/C23H20N6O3/c30-22(17-13-16-5-1-2-6-18(16)32-23(17)31)29-11-9-28(10-12-29)21-14-20(25-15-26-21)27-19-7-3-4-8-24-19/h1-8,13-15H,9-12H2,(H,24,25,26,27). The second-order valence-corrected chi connectivity index (χ2v) is 7.37. The maximum atomic E-state index is 13.0. The summed E-state index contributed by atoms with van der Waals surface area (Å²) >= 11 is 0. The maximum Gasteiger partial charge on any atom is 0.349 e. The Balaban J connectivity index is 1.27. The van der Waals surface area contributed by atoms with Gasteiger partial charge in [-0.1, -0.05) is 24.3 Å². The number of aromatic nitrogens is 3. The normalized spacial score (nSPS) is 13.9. The van der Waals surface area contributed by atoms with Crippen molar-refractivity contribution < 1.29 is 9.21 Å². The first-order valence-corrected chi connectivity index (χ1v) is 10.2. The lowest BCUT2D eigenvalue weighted by Crippen LogP contribution is -2.49. The Morgan fingerprint density at radius 1 is 0.906 bits per heavy atom. The Morgan fingerprint density at radius 2 is 1.72 bits per heavy atom. The third-order valence-corrected chi connectivity index (χ3v) is 5.34. The molecule has 0 radical (unpaired) electrons. The van der Waals surface area contributed by atoms with Gasteiger partial charge in [-0.25, -0.2) is 19.7 Å². The van der Waals surface area contributed by atoms with E-state index in [2.05, 4.69) is 25.2 Å². The van der Waals surface area contributed by atoms with Gasteiger partial charge < -0.3 is 19.5 Å². The van der Waals surface area contributed by atoms with Gasteiger partial charge in [0.05, 0.1) is 0 Å². The van der Waals surface area contributed by atoms with E-state index >= 15 is 0 Å². The minimum Gasteiger partial charge on any atom is -0.422 e. The summed E-state index contributed by atoms with van der Waals surface area (Å²) in [6.45, 7) is 2.12. The molecule has 0 spiro atoms. The van der Waals surface area contributed by atoms with Gasteiger partial charge in [0.2, 0.25) is 0 Å². The molecule has 1 fully saturated rings. The number of para-hydroxylation sites is 1. The van der Waals surface area contributed by atoms with Gasteiger partial charge in [0.1, 0.15) is 34.9 Å². The minimum absolute atomic E-state index is 0.0565. The van der Waals surface area contributed by atoms with E-state index in [-0.39, 0.29) is 11.5 Å². The molecule has 9 nitrogen and oxygen atoms in total. The molecule has 1 aliphatic heterocycles. The number of rotatable bonds is 4. The van der Waals surface area contributed by atoms with Crippen molar-refractivity contribution in [3.05, 3.63) is 83.1 Å². The van der Waals surface area contributed by atoms with Crippen LogP contribution in [0.2, 0.25) is 0 Å². The number of hydrogen-bond acceptors (Lipinski definition) is 8. The number of hydrogen-bond donors (Lipinski definition) is 1. The highest BCUT2D eigenvalue weighted by atomic mass is 16.4. The Labute approximate surface area is 183 Å². The summed E-state index contributed by atoms with van der Waals surface area (Å²) in [6.07, 6.45) is 3.20. The smallest absolute Gasteiger partial charge is 0.349 e. The zero-order valence-corrected chi connectivity index (χ0v) is 17.1. The van der Waals surface area contributed by atoms with E-state index in [0.29, 0.717) is 43.4 Å². The Kier molecular flexibility index (Phi) is 5.20. The Bertz CT molecular complexity index is 1320. The van der Waals surface area contributed by atoms with E-state index in [9.17, 15) is 9.59 Å². The molecular weight excluding hydrogens is 408 g/mol. The van der Waals surface area contributed by atoms with Crippen LogP contribution in [0.5, 0.6) is 0 Å². The van der Waals surface area contributed by atoms with Gasteiger partial charge in [-0.2, -0.15) is 0 Å². The van der Waals surface area contributed by atoms with Crippen LogP contribution in [-0.4, -0.2) is 51.9 Å². The molecule has 32 heavy (non-hydrogen) atoms. The van der Waals surface area contributed by atoms with Crippen LogP contribution in [0.25, 0.3) is 11.0 Å². The van der Waals surface area contributed by atoms with Gasteiger partial charge in [0.15, 0.2) is 0 Å². The predicted octanol–water partition coefficient (Wildman–Crippen LogP) is 2.68. The monoisotopic (exact) mass is 428 g/mol. The lowest BCUT2D eigenvalue weighted by molar-refractivity contribution is 0.0742. The zero-order chi connectivity index (χ0) is 21.9. The van der Waals surface area contributed by atoms with Crippen molar-refractivity contribution in [3.63, 3.8) is 0 Å². The van der Waals surface area contributed by atoms with E-state index in [0.717, 1.165) is 11.2 Å². The van der Waals surface area contributed by atoms with Gasteiger partial charge in [-0.3, -0.25) is 4.79 Å². The Morgan fingerprint density at radius 3 is 2.53 bits per heavy atom. The lowest BCUT2D eigenvalue weighted by Gasteiger charge is -2.35. The van der Waals surface area contributed by atoms with Gasteiger partial charge in [-0.15, -0.1) is 0 Å². The van der Waals surface area contributed by atoms with Crippen molar-refractivity contribution in [2.24, 2.45) is 0 Å². The van der Waals surface area contributed by atoms with Gasteiger partial charge in [0.25, 0.3) is 5.91 Å². The fourth-order valence-corrected chi connectivity index (χ4v) is 3.68. The summed E-state index contributed by atoms with van der Waals surface area (Å²) in [4.78, 5) is 41.9. The summed E-state index contributed by atoms with van der Waals surface area (Å²) in [5, 5.41) is 3.88. The van der Waals surface area contributed by atoms with Crippen LogP contribution >= 0.6 is 0 Å². The van der Waals surface area contributed by atoms with Crippen LogP contribution in [0.1, 0.15) is 10.4 Å². The molecule has 5 rings (SSSR count). The number of nitrogens with one attached hydrogen (secondary N) is 1. The molecule has 1 aliphatic rings. The molecule has 9 heteroatoms. The first-order valence-electron chi connectivity index (χ1n) is 10.2. The average Bonchev–Trinajstić information content (AvgIpc) is 2.84. The van der Waals surface area contributed by atoms with Crippen molar-refractivity contribution in [2.45, 2.75) is 0 Å². The third kappa shape index (κ3) is 4.00. The highest BCUT2D eigenvalue weighted by Gasteiger charge is 2.25. The first-order chi connectivity index (χ1) is 15.7. The van der Waals surface area contributed by atoms with E-state index in [1.54, 1.807) is 29.3 Å². The molecule has 1 N–H and O–H groups in total. The second kappa shape index (κ2) is 8.46. The Hall–Kier alpha value is -4.27. The van der Waals surface area contributed by atoms with Crippen LogP contribution in [0.3, 0.4) is 0 Å². The summed E-state index contributed by atoms with van der Waals surface area (Å²) in [5.74, 6) is 1.78. The van der Waals surface area contributed by atoms with Crippen molar-refractivity contribution in [2.75, 3.05) is 36.4 Å². The highest BCUT2D eigenvalue weighted by molar-refractivity contribution is 5.96. The molecule has 1 saturated heterocycles. The molecule has 160 valence electrons. The number of pyridine rings is 1. The summed E-state index contributed by atoms with van der Waals surface area (Å²) in [7, 11) is 0. The summed E-state index contributed by atoms with van der Waals surface area (Å²) in [5.41, 5.74) is -0.0871. The summed E-state index contributed by atoms with van der Waals surface area (Å²) < 4.78 is 5.31. The zero-order valence-electron chi connectivity index (χ0n) is 17.1. The fraction of sp³-hybridized carbons (Fsp3) is 0.174. The molecule has 0 atom stereocenters.